The molecule has 0 rings (SSSR count). The number of ether oxygens (including phenoxy) is 3. The Balaban J connectivity index is 4.16. The molecule has 61 heavy (non-hydrogen) atoms. The van der Waals surface area contributed by atoms with E-state index in [0.717, 1.165) is 57.8 Å². The topological polar surface area (TPSA) is 78.9 Å². The van der Waals surface area contributed by atoms with Gasteiger partial charge in [0.2, 0.25) is 0 Å². The second-order valence-corrected chi connectivity index (χ2v) is 18.5. The summed E-state index contributed by atoms with van der Waals surface area (Å²) in [6.07, 6.45) is 56.5. The van der Waals surface area contributed by atoms with Crippen molar-refractivity contribution < 1.29 is 28.6 Å². The maximum absolute atomic E-state index is 12.8. The normalized spacial score (nSPS) is 12.0. The first kappa shape index (κ1) is 59.1. The molecule has 0 heterocycles. The monoisotopic (exact) mass is 861 g/mol. The Kier molecular flexibility index (Phi) is 49.3. The van der Waals surface area contributed by atoms with Crippen molar-refractivity contribution in [1.29, 1.82) is 0 Å². The third kappa shape index (κ3) is 49.0. The zero-order valence-electron chi connectivity index (χ0n) is 41.2. The van der Waals surface area contributed by atoms with E-state index < -0.39 is 6.10 Å². The molecule has 1 unspecified atom stereocenters. The van der Waals surface area contributed by atoms with Crippen LogP contribution in [0.25, 0.3) is 0 Å². The van der Waals surface area contributed by atoms with Crippen molar-refractivity contribution in [1.82, 2.24) is 0 Å². The zero-order chi connectivity index (χ0) is 44.4. The number of esters is 3. The second-order valence-electron chi connectivity index (χ2n) is 18.5. The van der Waals surface area contributed by atoms with Crippen molar-refractivity contribution in [2.45, 2.75) is 309 Å². The van der Waals surface area contributed by atoms with Gasteiger partial charge in [-0.15, -0.1) is 0 Å². The van der Waals surface area contributed by atoms with Gasteiger partial charge in [0.1, 0.15) is 13.2 Å². The van der Waals surface area contributed by atoms with Gasteiger partial charge < -0.3 is 14.2 Å². The molecule has 6 heteroatoms. The molecule has 0 aliphatic rings. The van der Waals surface area contributed by atoms with E-state index in [4.69, 9.17) is 14.2 Å². The lowest BCUT2D eigenvalue weighted by atomic mass is 10.0. The van der Waals surface area contributed by atoms with Crippen LogP contribution in [0.5, 0.6) is 0 Å². The van der Waals surface area contributed by atoms with Crippen LogP contribution in [-0.4, -0.2) is 37.2 Å². The Hall–Kier alpha value is -1.85. The Morgan fingerprint density at radius 1 is 0.311 bits per heavy atom. The van der Waals surface area contributed by atoms with Gasteiger partial charge in [0.05, 0.1) is 0 Å². The van der Waals surface area contributed by atoms with Gasteiger partial charge >= 0.3 is 17.9 Å². The summed E-state index contributed by atoms with van der Waals surface area (Å²) < 4.78 is 16.8. The highest BCUT2D eigenvalue weighted by Crippen LogP contribution is 2.16. The highest BCUT2D eigenvalue weighted by atomic mass is 16.6. The number of carbonyl (C=O) groups is 3. The fraction of sp³-hybridized carbons (Fsp3) is 0.909. The fourth-order valence-electron chi connectivity index (χ4n) is 8.14. The predicted octanol–water partition coefficient (Wildman–Crippen LogP) is 17.8. The minimum Gasteiger partial charge on any atom is -0.462 e. The molecule has 0 aliphatic carbocycles. The van der Waals surface area contributed by atoms with Crippen molar-refractivity contribution in [3.05, 3.63) is 12.2 Å². The molecule has 0 fully saturated rings. The summed E-state index contributed by atoms with van der Waals surface area (Å²) in [5, 5.41) is 0. The van der Waals surface area contributed by atoms with Gasteiger partial charge in [-0.1, -0.05) is 251 Å². The van der Waals surface area contributed by atoms with Gasteiger partial charge in [0, 0.05) is 19.3 Å². The number of carbonyl (C=O) groups excluding carboxylic acids is 3. The van der Waals surface area contributed by atoms with E-state index >= 15 is 0 Å². The van der Waals surface area contributed by atoms with Crippen LogP contribution in [0.2, 0.25) is 0 Å². The lowest BCUT2D eigenvalue weighted by Gasteiger charge is -2.18. The summed E-state index contributed by atoms with van der Waals surface area (Å²) in [4.78, 5) is 37.8. The van der Waals surface area contributed by atoms with Crippen LogP contribution in [-0.2, 0) is 28.6 Å². The predicted molar refractivity (Wildman–Crippen MR) is 261 cm³/mol. The highest BCUT2D eigenvalue weighted by molar-refractivity contribution is 5.71. The Morgan fingerprint density at radius 2 is 0.541 bits per heavy atom. The van der Waals surface area contributed by atoms with E-state index in [-0.39, 0.29) is 31.1 Å². The van der Waals surface area contributed by atoms with Crippen molar-refractivity contribution in [2.24, 2.45) is 0 Å². The minimum atomic E-state index is -0.762. The second kappa shape index (κ2) is 50.8. The molecule has 0 spiro atoms. The number of hydrogen-bond donors (Lipinski definition) is 0. The number of allylic oxidation sites excluding steroid dienone is 2. The highest BCUT2D eigenvalue weighted by Gasteiger charge is 2.19. The molecular formula is C55H104O6. The summed E-state index contributed by atoms with van der Waals surface area (Å²) in [5.74, 6) is -0.857. The lowest BCUT2D eigenvalue weighted by molar-refractivity contribution is -0.167. The molecule has 0 saturated heterocycles. The quantitative estimate of drug-likeness (QED) is 0.0262. The zero-order valence-corrected chi connectivity index (χ0v) is 41.2. The van der Waals surface area contributed by atoms with E-state index in [1.807, 2.05) is 0 Å². The molecule has 0 radical (unpaired) electrons. The molecule has 0 aromatic heterocycles. The Labute approximate surface area is 380 Å². The molecular weight excluding hydrogens is 757 g/mol. The Morgan fingerprint density at radius 3 is 0.820 bits per heavy atom. The van der Waals surface area contributed by atoms with Gasteiger partial charge in [0.15, 0.2) is 6.10 Å². The summed E-state index contributed by atoms with van der Waals surface area (Å²) in [6.45, 7) is 6.64. The summed E-state index contributed by atoms with van der Waals surface area (Å²) >= 11 is 0. The smallest absolute Gasteiger partial charge is 0.306 e. The lowest BCUT2D eigenvalue weighted by Crippen LogP contribution is -2.30. The maximum Gasteiger partial charge on any atom is 0.306 e. The van der Waals surface area contributed by atoms with Crippen molar-refractivity contribution in [2.75, 3.05) is 13.2 Å². The van der Waals surface area contributed by atoms with Crippen LogP contribution in [0.15, 0.2) is 12.2 Å². The fourth-order valence-corrected chi connectivity index (χ4v) is 8.14. The van der Waals surface area contributed by atoms with Gasteiger partial charge in [-0.05, 0) is 44.9 Å². The molecule has 6 nitrogen and oxygen atoms in total. The van der Waals surface area contributed by atoms with Gasteiger partial charge in [0.25, 0.3) is 0 Å². The minimum absolute atomic E-state index is 0.0662. The molecule has 0 aromatic rings. The van der Waals surface area contributed by atoms with Gasteiger partial charge in [-0.25, -0.2) is 0 Å². The van der Waals surface area contributed by atoms with E-state index in [1.165, 1.54) is 205 Å². The number of rotatable bonds is 50. The van der Waals surface area contributed by atoms with Crippen LogP contribution in [0, 0.1) is 0 Å². The molecule has 0 amide bonds. The van der Waals surface area contributed by atoms with Crippen LogP contribution < -0.4 is 0 Å². The summed E-state index contributed by atoms with van der Waals surface area (Å²) in [7, 11) is 0. The third-order valence-electron chi connectivity index (χ3n) is 12.3. The molecule has 360 valence electrons. The molecule has 0 saturated carbocycles. The number of unbranched alkanes of at least 4 members (excludes halogenated alkanes) is 37. The van der Waals surface area contributed by atoms with Gasteiger partial charge in [-0.2, -0.15) is 0 Å². The van der Waals surface area contributed by atoms with E-state index in [1.54, 1.807) is 0 Å². The van der Waals surface area contributed by atoms with Crippen LogP contribution >= 0.6 is 0 Å². The molecule has 0 aromatic carbocycles. The SMILES string of the molecule is CCCCCCCCCC/C=C\CCCCCCCCCCCC(=O)OCC(COC(=O)CCCCCCCCC)OC(=O)CCCCCCCCCCCCCCCCC. The standard InChI is InChI=1S/C55H104O6/c1-4-7-10-13-16-18-20-22-24-25-26-27-28-29-31-32-34-36-39-42-45-48-54(57)60-51-52(50-59-53(56)47-44-41-38-15-12-9-6-3)61-55(58)49-46-43-40-37-35-33-30-23-21-19-17-14-11-8-5-2/h25-26,52H,4-24,27-51H2,1-3H3/b26-25-. The first-order chi connectivity index (χ1) is 30.0. The van der Waals surface area contributed by atoms with Crippen molar-refractivity contribution >= 4 is 17.9 Å². The summed E-state index contributed by atoms with van der Waals surface area (Å²) in [6, 6.07) is 0. The van der Waals surface area contributed by atoms with E-state index in [2.05, 4.69) is 32.9 Å². The van der Waals surface area contributed by atoms with Crippen LogP contribution in [0.1, 0.15) is 303 Å². The average Bonchev–Trinajstić information content (AvgIpc) is 3.26. The molecule has 0 aliphatic heterocycles. The van der Waals surface area contributed by atoms with Crippen molar-refractivity contribution in [3.8, 4) is 0 Å². The number of hydrogen-bond acceptors (Lipinski definition) is 6. The maximum atomic E-state index is 12.8. The van der Waals surface area contributed by atoms with Crippen molar-refractivity contribution in [3.63, 3.8) is 0 Å². The Bertz CT molecular complexity index is 947. The van der Waals surface area contributed by atoms with Crippen LogP contribution in [0.3, 0.4) is 0 Å². The van der Waals surface area contributed by atoms with Crippen LogP contribution in [0.4, 0.5) is 0 Å². The summed E-state index contributed by atoms with van der Waals surface area (Å²) in [5.41, 5.74) is 0. The first-order valence-electron chi connectivity index (χ1n) is 27.2. The largest absolute Gasteiger partial charge is 0.462 e. The average molecular weight is 861 g/mol. The molecule has 0 N–H and O–H groups in total. The van der Waals surface area contributed by atoms with Gasteiger partial charge in [-0.3, -0.25) is 14.4 Å². The van der Waals surface area contributed by atoms with E-state index in [0.29, 0.717) is 19.3 Å². The first-order valence-corrected chi connectivity index (χ1v) is 27.2. The third-order valence-corrected chi connectivity index (χ3v) is 12.3. The molecule has 1 atom stereocenters. The van der Waals surface area contributed by atoms with E-state index in [9.17, 15) is 14.4 Å². The molecule has 0 bridgehead atoms.